The number of hydrogen-bond donors (Lipinski definition) is 2. The van der Waals surface area contributed by atoms with E-state index in [1.807, 2.05) is 90.7 Å². The Morgan fingerprint density at radius 2 is 1.68 bits per heavy atom. The third kappa shape index (κ3) is 6.20. The van der Waals surface area contributed by atoms with Crippen LogP contribution in [0.25, 0.3) is 0 Å². The monoisotopic (exact) mass is 639 g/mol. The van der Waals surface area contributed by atoms with Gasteiger partial charge in [-0.3, -0.25) is 14.4 Å². The molecule has 1 spiro atoms. The SMILES string of the molecule is C[C@@H]1[C@@H](C(C)(C)O)[C@H](CC(=O)N(CCO)Cc2ccccc2)O[C@@]12C(=O)N(Cc1ccc(N3CCCCC3=O)cc1)c1ccccc12. The van der Waals surface area contributed by atoms with Crippen molar-refractivity contribution in [1.82, 2.24) is 4.90 Å². The van der Waals surface area contributed by atoms with Crippen molar-refractivity contribution in [3.8, 4) is 0 Å². The number of amides is 3. The Balaban J connectivity index is 1.28. The number of ether oxygens (including phenoxy) is 1. The molecule has 6 rings (SSSR count). The summed E-state index contributed by atoms with van der Waals surface area (Å²) in [5, 5.41) is 21.3. The zero-order valence-electron chi connectivity index (χ0n) is 27.5. The molecule has 0 bridgehead atoms. The number of para-hydroxylation sites is 1. The topological polar surface area (TPSA) is 111 Å². The molecule has 3 aliphatic rings. The van der Waals surface area contributed by atoms with Crippen LogP contribution in [0.15, 0.2) is 78.9 Å². The molecule has 3 aliphatic heterocycles. The predicted molar refractivity (Wildman–Crippen MR) is 179 cm³/mol. The van der Waals surface area contributed by atoms with Crippen molar-refractivity contribution < 1.29 is 29.3 Å². The second-order valence-electron chi connectivity index (χ2n) is 13.7. The van der Waals surface area contributed by atoms with Crippen LogP contribution in [-0.2, 0) is 37.8 Å². The van der Waals surface area contributed by atoms with Crippen LogP contribution in [0.4, 0.5) is 11.4 Å². The van der Waals surface area contributed by atoms with E-state index in [0.717, 1.165) is 40.9 Å². The van der Waals surface area contributed by atoms with Crippen molar-refractivity contribution in [3.63, 3.8) is 0 Å². The number of rotatable bonds is 10. The van der Waals surface area contributed by atoms with Gasteiger partial charge in [0.2, 0.25) is 11.8 Å². The highest BCUT2D eigenvalue weighted by Gasteiger charge is 2.66. The highest BCUT2D eigenvalue weighted by molar-refractivity contribution is 6.07. The molecule has 2 saturated heterocycles. The molecule has 248 valence electrons. The van der Waals surface area contributed by atoms with E-state index in [1.165, 1.54) is 0 Å². The maximum atomic E-state index is 14.7. The fraction of sp³-hybridized carbons (Fsp3) is 0.447. The minimum Gasteiger partial charge on any atom is -0.395 e. The molecule has 0 saturated carbocycles. The summed E-state index contributed by atoms with van der Waals surface area (Å²) in [5.74, 6) is -1.28. The lowest BCUT2D eigenvalue weighted by Crippen LogP contribution is -2.46. The van der Waals surface area contributed by atoms with Gasteiger partial charge in [-0.15, -0.1) is 0 Å². The molecular formula is C38H45N3O6. The molecule has 0 aliphatic carbocycles. The van der Waals surface area contributed by atoms with Gasteiger partial charge in [-0.2, -0.15) is 0 Å². The number of benzene rings is 3. The number of carbonyl (C=O) groups excluding carboxylic acids is 3. The maximum Gasteiger partial charge on any atom is 0.264 e. The molecule has 0 aromatic heterocycles. The van der Waals surface area contributed by atoms with Gasteiger partial charge in [-0.25, -0.2) is 0 Å². The summed E-state index contributed by atoms with van der Waals surface area (Å²) < 4.78 is 6.82. The average molecular weight is 640 g/mol. The van der Waals surface area contributed by atoms with E-state index in [9.17, 15) is 24.6 Å². The Bertz CT molecular complexity index is 1600. The van der Waals surface area contributed by atoms with Crippen LogP contribution >= 0.6 is 0 Å². The van der Waals surface area contributed by atoms with Crippen molar-refractivity contribution >= 4 is 29.1 Å². The van der Waals surface area contributed by atoms with E-state index in [0.29, 0.717) is 26.1 Å². The molecule has 47 heavy (non-hydrogen) atoms. The summed E-state index contributed by atoms with van der Waals surface area (Å²) in [7, 11) is 0. The molecule has 3 aromatic rings. The van der Waals surface area contributed by atoms with Crippen LogP contribution in [0.1, 0.15) is 63.1 Å². The standard InChI is InChI=1S/C38H45N3O6/c1-26-35(37(2,3)46)32(23-34(44)39(21-22-42)24-27-11-5-4-6-12-27)47-38(26)30-13-7-8-14-31(30)41(36(38)45)25-28-16-18-29(19-17-28)40-20-10-9-15-33(40)43/h4-8,11-14,16-19,26,32,35,42,46H,9-10,15,20-25H2,1-3H3/t26-,32+,35-,38+/m1/s1. The van der Waals surface area contributed by atoms with Crippen molar-refractivity contribution in [2.24, 2.45) is 11.8 Å². The summed E-state index contributed by atoms with van der Waals surface area (Å²) in [6.45, 7) is 6.68. The van der Waals surface area contributed by atoms with Crippen LogP contribution in [0.2, 0.25) is 0 Å². The number of nitrogens with zero attached hydrogens (tertiary/aromatic N) is 3. The van der Waals surface area contributed by atoms with E-state index < -0.39 is 29.1 Å². The smallest absolute Gasteiger partial charge is 0.264 e. The second-order valence-corrected chi connectivity index (χ2v) is 13.7. The summed E-state index contributed by atoms with van der Waals surface area (Å²) >= 11 is 0. The van der Waals surface area contributed by atoms with E-state index in [1.54, 1.807) is 23.6 Å². The van der Waals surface area contributed by atoms with E-state index >= 15 is 0 Å². The molecule has 2 N–H and O–H groups in total. The van der Waals surface area contributed by atoms with Gasteiger partial charge in [0.15, 0.2) is 5.60 Å². The Labute approximate surface area is 276 Å². The van der Waals surface area contributed by atoms with Crippen LogP contribution in [0.5, 0.6) is 0 Å². The van der Waals surface area contributed by atoms with E-state index in [2.05, 4.69) is 0 Å². The minimum atomic E-state index is -1.38. The lowest BCUT2D eigenvalue weighted by atomic mass is 9.71. The van der Waals surface area contributed by atoms with Crippen LogP contribution in [-0.4, -0.2) is 64.2 Å². The quantitative estimate of drug-likeness (QED) is 0.331. The molecular weight excluding hydrogens is 594 g/mol. The maximum absolute atomic E-state index is 14.7. The first kappa shape index (κ1) is 32.9. The van der Waals surface area contributed by atoms with Gasteiger partial charge in [0.25, 0.3) is 5.91 Å². The number of aliphatic hydroxyl groups excluding tert-OH is 1. The highest BCUT2D eigenvalue weighted by Crippen LogP contribution is 2.58. The first-order valence-corrected chi connectivity index (χ1v) is 16.7. The van der Waals surface area contributed by atoms with Crippen LogP contribution < -0.4 is 9.80 Å². The molecule has 2 fully saturated rings. The van der Waals surface area contributed by atoms with Gasteiger partial charge in [0.05, 0.1) is 37.0 Å². The zero-order chi connectivity index (χ0) is 33.3. The first-order chi connectivity index (χ1) is 22.5. The molecule has 9 heteroatoms. The lowest BCUT2D eigenvalue weighted by molar-refractivity contribution is -0.150. The van der Waals surface area contributed by atoms with Gasteiger partial charge in [0.1, 0.15) is 0 Å². The Morgan fingerprint density at radius 1 is 0.979 bits per heavy atom. The second kappa shape index (κ2) is 13.2. The van der Waals surface area contributed by atoms with Crippen LogP contribution in [0.3, 0.4) is 0 Å². The number of anilines is 2. The molecule has 9 nitrogen and oxygen atoms in total. The molecule has 3 amide bonds. The fourth-order valence-electron chi connectivity index (χ4n) is 7.95. The Kier molecular flexibility index (Phi) is 9.25. The molecule has 4 atom stereocenters. The third-order valence-electron chi connectivity index (χ3n) is 10.1. The Morgan fingerprint density at radius 3 is 2.36 bits per heavy atom. The minimum absolute atomic E-state index is 0.0420. The summed E-state index contributed by atoms with van der Waals surface area (Å²) in [6, 6.07) is 25.0. The van der Waals surface area contributed by atoms with Crippen LogP contribution in [0, 0.1) is 11.8 Å². The van der Waals surface area contributed by atoms with Gasteiger partial charge < -0.3 is 29.6 Å². The van der Waals surface area contributed by atoms with Crippen molar-refractivity contribution in [1.29, 1.82) is 0 Å². The van der Waals surface area contributed by atoms with E-state index in [4.69, 9.17) is 4.74 Å². The molecule has 3 aromatic carbocycles. The van der Waals surface area contributed by atoms with Gasteiger partial charge in [-0.05, 0) is 56.0 Å². The largest absolute Gasteiger partial charge is 0.395 e. The number of carbonyl (C=O) groups is 3. The normalized spacial score (nSPS) is 24.2. The molecule has 0 radical (unpaired) electrons. The predicted octanol–water partition coefficient (Wildman–Crippen LogP) is 4.78. The first-order valence-electron chi connectivity index (χ1n) is 16.7. The van der Waals surface area contributed by atoms with Gasteiger partial charge >= 0.3 is 0 Å². The number of aliphatic hydroxyl groups is 2. The fourth-order valence-corrected chi connectivity index (χ4v) is 7.95. The lowest BCUT2D eigenvalue weighted by Gasteiger charge is -2.34. The summed E-state index contributed by atoms with van der Waals surface area (Å²) in [4.78, 5) is 46.1. The van der Waals surface area contributed by atoms with E-state index in [-0.39, 0.29) is 37.3 Å². The van der Waals surface area contributed by atoms with Crippen molar-refractivity contribution in [2.75, 3.05) is 29.5 Å². The zero-order valence-corrected chi connectivity index (χ0v) is 27.5. The highest BCUT2D eigenvalue weighted by atomic mass is 16.5. The molecule has 0 unspecified atom stereocenters. The number of fused-ring (bicyclic) bond motifs is 2. The van der Waals surface area contributed by atoms with Gasteiger partial charge in [0, 0.05) is 49.1 Å². The van der Waals surface area contributed by atoms with Crippen molar-refractivity contribution in [3.05, 3.63) is 95.6 Å². The van der Waals surface area contributed by atoms with Gasteiger partial charge in [-0.1, -0.05) is 67.6 Å². The number of piperidine rings is 1. The molecule has 3 heterocycles. The number of hydrogen-bond acceptors (Lipinski definition) is 6. The Hall–Kier alpha value is -4.05. The summed E-state index contributed by atoms with van der Waals surface area (Å²) in [5.41, 5.74) is 1.55. The van der Waals surface area contributed by atoms with Crippen molar-refractivity contribution in [2.45, 2.75) is 76.9 Å². The third-order valence-corrected chi connectivity index (χ3v) is 10.1. The average Bonchev–Trinajstić information content (AvgIpc) is 3.48. The summed E-state index contributed by atoms with van der Waals surface area (Å²) in [6.07, 6.45) is 1.68.